The van der Waals surface area contributed by atoms with E-state index < -0.39 is 0 Å². The van der Waals surface area contributed by atoms with E-state index in [1.165, 1.54) is 51.8 Å². The molecule has 6 nitrogen and oxygen atoms in total. The molecule has 2 atom stereocenters. The summed E-state index contributed by atoms with van der Waals surface area (Å²) in [6, 6.07) is 25.4. The molecule has 3 rings (SSSR count). The molecule has 0 bridgehead atoms. The lowest BCUT2D eigenvalue weighted by Crippen LogP contribution is -2.30. The van der Waals surface area contributed by atoms with Crippen molar-refractivity contribution < 1.29 is 0 Å². The SMILES string of the molecule is CC(C)CCNCCCNCCC(N)Cc1cccc(-c2cc(-c3cccc(CC(N)CCNCCCNCCC(C)C)c3)cc(C(C)(C)C)c2)c1. The van der Waals surface area contributed by atoms with Crippen molar-refractivity contribution in [1.82, 2.24) is 21.3 Å². The summed E-state index contributed by atoms with van der Waals surface area (Å²) in [6.07, 6.45) is 8.50. The Kier molecular flexibility index (Phi) is 20.2. The molecule has 0 saturated heterocycles. The zero-order valence-electron chi connectivity index (χ0n) is 34.1. The van der Waals surface area contributed by atoms with Crippen molar-refractivity contribution in [2.45, 2.75) is 117 Å². The molecule has 0 spiro atoms. The predicted molar refractivity (Wildman–Crippen MR) is 228 cm³/mol. The summed E-state index contributed by atoms with van der Waals surface area (Å²) in [4.78, 5) is 0. The van der Waals surface area contributed by atoms with Gasteiger partial charge in [0, 0.05) is 12.1 Å². The Morgan fingerprint density at radius 1 is 0.481 bits per heavy atom. The van der Waals surface area contributed by atoms with Gasteiger partial charge in [-0.1, -0.05) is 109 Å². The topological polar surface area (TPSA) is 100 Å². The molecule has 3 aromatic rings. The molecule has 52 heavy (non-hydrogen) atoms. The number of hydrogen-bond acceptors (Lipinski definition) is 6. The second kappa shape index (κ2) is 24.0. The van der Waals surface area contributed by atoms with E-state index in [4.69, 9.17) is 11.5 Å². The number of rotatable bonds is 26. The van der Waals surface area contributed by atoms with Gasteiger partial charge in [0.15, 0.2) is 0 Å². The van der Waals surface area contributed by atoms with E-state index in [0.717, 1.165) is 103 Å². The smallest absolute Gasteiger partial charge is 0.00914 e. The minimum atomic E-state index is 0.0268. The zero-order chi connectivity index (χ0) is 37.8. The van der Waals surface area contributed by atoms with E-state index in [0.29, 0.717) is 0 Å². The van der Waals surface area contributed by atoms with Gasteiger partial charge in [-0.3, -0.25) is 0 Å². The molecule has 3 aromatic carbocycles. The zero-order valence-corrected chi connectivity index (χ0v) is 34.1. The maximum atomic E-state index is 6.63. The highest BCUT2D eigenvalue weighted by atomic mass is 14.9. The molecular weight excluding hydrogens is 637 g/mol. The Morgan fingerprint density at radius 3 is 1.23 bits per heavy atom. The molecule has 0 aliphatic heterocycles. The Morgan fingerprint density at radius 2 is 0.865 bits per heavy atom. The van der Waals surface area contributed by atoms with Crippen LogP contribution in [0.5, 0.6) is 0 Å². The molecular formula is C46H76N6. The Balaban J connectivity index is 1.56. The molecule has 2 unspecified atom stereocenters. The number of hydrogen-bond donors (Lipinski definition) is 6. The van der Waals surface area contributed by atoms with Crippen LogP contribution in [-0.4, -0.2) is 64.4 Å². The Hall–Kier alpha value is -2.58. The number of nitrogens with two attached hydrogens (primary N) is 2. The van der Waals surface area contributed by atoms with Crippen molar-refractivity contribution in [3.8, 4) is 22.3 Å². The molecule has 0 heterocycles. The first-order valence-electron chi connectivity index (χ1n) is 20.6. The van der Waals surface area contributed by atoms with Gasteiger partial charge in [-0.2, -0.15) is 0 Å². The van der Waals surface area contributed by atoms with E-state index in [1.54, 1.807) is 0 Å². The van der Waals surface area contributed by atoms with Crippen LogP contribution in [0.25, 0.3) is 22.3 Å². The maximum Gasteiger partial charge on any atom is 0.00914 e. The lowest BCUT2D eigenvalue weighted by atomic mass is 9.83. The van der Waals surface area contributed by atoms with Crippen molar-refractivity contribution in [2.24, 2.45) is 23.3 Å². The summed E-state index contributed by atoms with van der Waals surface area (Å²) >= 11 is 0. The summed E-state index contributed by atoms with van der Waals surface area (Å²) in [5, 5.41) is 14.3. The van der Waals surface area contributed by atoms with Crippen LogP contribution >= 0.6 is 0 Å². The van der Waals surface area contributed by atoms with Gasteiger partial charge < -0.3 is 32.7 Å². The van der Waals surface area contributed by atoms with Crippen LogP contribution < -0.4 is 32.7 Å². The fraction of sp³-hybridized carbons (Fsp3) is 0.609. The van der Waals surface area contributed by atoms with Crippen LogP contribution in [0.4, 0.5) is 0 Å². The van der Waals surface area contributed by atoms with Crippen molar-refractivity contribution >= 4 is 0 Å². The van der Waals surface area contributed by atoms with Crippen LogP contribution in [-0.2, 0) is 18.3 Å². The normalized spacial score (nSPS) is 13.3. The molecule has 0 aliphatic rings. The third kappa shape index (κ3) is 18.0. The van der Waals surface area contributed by atoms with E-state index in [-0.39, 0.29) is 17.5 Å². The van der Waals surface area contributed by atoms with Gasteiger partial charge in [0.25, 0.3) is 0 Å². The monoisotopic (exact) mass is 713 g/mol. The fourth-order valence-corrected chi connectivity index (χ4v) is 6.49. The molecule has 0 saturated carbocycles. The molecule has 8 N–H and O–H groups in total. The number of benzene rings is 3. The molecule has 0 radical (unpaired) electrons. The van der Waals surface area contributed by atoms with Gasteiger partial charge in [-0.15, -0.1) is 0 Å². The quantitative estimate of drug-likeness (QED) is 0.0471. The van der Waals surface area contributed by atoms with Crippen LogP contribution in [0.15, 0.2) is 66.7 Å². The van der Waals surface area contributed by atoms with Crippen LogP contribution in [0.3, 0.4) is 0 Å². The largest absolute Gasteiger partial charge is 0.327 e. The molecule has 6 heteroatoms. The Bertz CT molecular complexity index is 1300. The third-order valence-electron chi connectivity index (χ3n) is 9.91. The summed E-state index contributed by atoms with van der Waals surface area (Å²) in [7, 11) is 0. The molecule has 290 valence electrons. The van der Waals surface area contributed by atoms with Crippen LogP contribution in [0.2, 0.25) is 0 Å². The summed E-state index contributed by atoms with van der Waals surface area (Å²) in [6.45, 7) is 24.4. The first-order valence-corrected chi connectivity index (χ1v) is 20.6. The van der Waals surface area contributed by atoms with Gasteiger partial charge in [0.05, 0.1) is 0 Å². The third-order valence-corrected chi connectivity index (χ3v) is 9.91. The van der Waals surface area contributed by atoms with Gasteiger partial charge in [0.2, 0.25) is 0 Å². The van der Waals surface area contributed by atoms with Gasteiger partial charge in [0.1, 0.15) is 0 Å². The molecule has 0 fully saturated rings. The van der Waals surface area contributed by atoms with Crippen molar-refractivity contribution in [3.63, 3.8) is 0 Å². The highest BCUT2D eigenvalue weighted by Gasteiger charge is 2.17. The van der Waals surface area contributed by atoms with Gasteiger partial charge in [-0.05, 0) is 166 Å². The van der Waals surface area contributed by atoms with E-state index in [1.807, 2.05) is 0 Å². The van der Waals surface area contributed by atoms with Crippen molar-refractivity contribution in [1.29, 1.82) is 0 Å². The second-order valence-corrected chi connectivity index (χ2v) is 17.0. The average molecular weight is 713 g/mol. The van der Waals surface area contributed by atoms with Crippen LogP contribution in [0, 0.1) is 11.8 Å². The highest BCUT2D eigenvalue weighted by Crippen LogP contribution is 2.34. The minimum absolute atomic E-state index is 0.0268. The van der Waals surface area contributed by atoms with Gasteiger partial charge in [-0.25, -0.2) is 0 Å². The lowest BCUT2D eigenvalue weighted by molar-refractivity contribution is 0.514. The first kappa shape index (κ1) is 43.8. The fourth-order valence-electron chi connectivity index (χ4n) is 6.49. The number of nitrogens with one attached hydrogen (secondary N) is 4. The lowest BCUT2D eigenvalue weighted by Gasteiger charge is -2.22. The molecule has 0 amide bonds. The van der Waals surface area contributed by atoms with E-state index in [2.05, 4.69) is 136 Å². The van der Waals surface area contributed by atoms with E-state index >= 15 is 0 Å². The Labute approximate surface area is 319 Å². The highest BCUT2D eigenvalue weighted by molar-refractivity contribution is 5.75. The maximum absolute atomic E-state index is 6.63. The molecule has 0 aliphatic carbocycles. The summed E-state index contributed by atoms with van der Waals surface area (Å²) in [5.74, 6) is 1.52. The van der Waals surface area contributed by atoms with E-state index in [9.17, 15) is 0 Å². The standard InChI is InChI=1S/C46H76N6/c1-35(2)16-24-49-20-10-22-51-26-18-44(47)30-37-12-8-14-39(28-37)41-32-42(34-43(33-41)46(5,6)7)40-15-9-13-38(29-40)31-45(48)19-27-52-23-11-21-50-25-17-36(3)4/h8-9,12-15,28-29,32-36,44-45,49-52H,10-11,16-27,30-31,47-48H2,1-7H3. The average Bonchev–Trinajstić information content (AvgIpc) is 3.09. The second-order valence-electron chi connectivity index (χ2n) is 17.0. The van der Waals surface area contributed by atoms with Crippen molar-refractivity contribution in [2.75, 3.05) is 52.4 Å². The first-order chi connectivity index (χ1) is 24.9. The van der Waals surface area contributed by atoms with Gasteiger partial charge >= 0.3 is 0 Å². The molecule has 0 aromatic heterocycles. The summed E-state index contributed by atoms with van der Waals surface area (Å²) in [5.41, 5.74) is 22.2. The minimum Gasteiger partial charge on any atom is -0.327 e. The predicted octanol–water partition coefficient (Wildman–Crippen LogP) is 8.07. The van der Waals surface area contributed by atoms with Crippen molar-refractivity contribution in [3.05, 3.63) is 83.4 Å². The van der Waals surface area contributed by atoms with Crippen LogP contribution in [0.1, 0.15) is 104 Å². The summed E-state index contributed by atoms with van der Waals surface area (Å²) < 4.78 is 0.